The molecule has 1 aliphatic rings. The lowest BCUT2D eigenvalue weighted by molar-refractivity contribution is 0.181. The monoisotopic (exact) mass is 330 g/mol. The number of nitrogens with zero attached hydrogens (tertiary/aromatic N) is 2. The first-order valence-corrected chi connectivity index (χ1v) is 7.16. The molecule has 0 bridgehead atoms. The molecule has 1 aromatic heterocycles. The fourth-order valence-corrected chi connectivity index (χ4v) is 2.29. The quantitative estimate of drug-likeness (QED) is 0.772. The van der Waals surface area contributed by atoms with Crippen LogP contribution in [0.2, 0.25) is 0 Å². The number of aromatic nitrogens is 2. The maximum absolute atomic E-state index is 12.0. The van der Waals surface area contributed by atoms with Crippen LogP contribution in [-0.2, 0) is 11.3 Å². The summed E-state index contributed by atoms with van der Waals surface area (Å²) in [5.74, 6) is 0.626. The summed E-state index contributed by atoms with van der Waals surface area (Å²) >= 11 is 3.31. The lowest BCUT2D eigenvalue weighted by Crippen LogP contribution is -2.32. The molecular weight excluding hydrogens is 312 g/mol. The van der Waals surface area contributed by atoms with Crippen molar-refractivity contribution in [1.29, 1.82) is 0 Å². The van der Waals surface area contributed by atoms with Crippen molar-refractivity contribution in [2.45, 2.75) is 25.4 Å². The van der Waals surface area contributed by atoms with E-state index in [2.05, 4.69) is 26.3 Å². The van der Waals surface area contributed by atoms with E-state index in [1.54, 1.807) is 13.3 Å². The number of hydrogen-bond donors (Lipinski definition) is 2. The van der Waals surface area contributed by atoms with Gasteiger partial charge in [-0.25, -0.2) is 4.68 Å². The third-order valence-electron chi connectivity index (χ3n) is 3.25. The van der Waals surface area contributed by atoms with E-state index in [4.69, 9.17) is 10.5 Å². The van der Waals surface area contributed by atoms with Crippen molar-refractivity contribution < 1.29 is 4.74 Å². The third-order valence-corrected chi connectivity index (χ3v) is 4.01. The van der Waals surface area contributed by atoms with Gasteiger partial charge in [-0.2, -0.15) is 5.10 Å². The van der Waals surface area contributed by atoms with Crippen LogP contribution < -0.4 is 16.6 Å². The summed E-state index contributed by atoms with van der Waals surface area (Å²) in [4.78, 5) is 12.0. The molecule has 1 aromatic rings. The van der Waals surface area contributed by atoms with Crippen LogP contribution in [0.15, 0.2) is 15.5 Å². The first-order chi connectivity index (χ1) is 9.13. The Morgan fingerprint density at radius 2 is 2.42 bits per heavy atom. The summed E-state index contributed by atoms with van der Waals surface area (Å²) in [7, 11) is 1.59. The maximum Gasteiger partial charge on any atom is 0.283 e. The average Bonchev–Trinajstić information content (AvgIpc) is 3.23. The van der Waals surface area contributed by atoms with Gasteiger partial charge in [0.1, 0.15) is 4.47 Å². The van der Waals surface area contributed by atoms with Gasteiger partial charge in [-0.3, -0.25) is 4.79 Å². The highest BCUT2D eigenvalue weighted by Gasteiger charge is 2.28. The summed E-state index contributed by atoms with van der Waals surface area (Å²) < 4.78 is 6.80. The fraction of sp³-hybridized carbons (Fsp3) is 0.667. The molecule has 0 aromatic carbocycles. The van der Waals surface area contributed by atoms with E-state index < -0.39 is 0 Å². The lowest BCUT2D eigenvalue weighted by atomic mass is 10.2. The minimum absolute atomic E-state index is 0.142. The van der Waals surface area contributed by atoms with Crippen molar-refractivity contribution in [2.24, 2.45) is 11.7 Å². The lowest BCUT2D eigenvalue weighted by Gasteiger charge is -2.14. The van der Waals surface area contributed by atoms with Gasteiger partial charge in [0, 0.05) is 19.7 Å². The van der Waals surface area contributed by atoms with E-state index in [0.717, 1.165) is 0 Å². The summed E-state index contributed by atoms with van der Waals surface area (Å²) in [5.41, 5.74) is 6.54. The Morgan fingerprint density at radius 1 is 1.68 bits per heavy atom. The van der Waals surface area contributed by atoms with Gasteiger partial charge in [0.25, 0.3) is 5.56 Å². The van der Waals surface area contributed by atoms with E-state index in [0.29, 0.717) is 35.8 Å². The highest BCUT2D eigenvalue weighted by Crippen LogP contribution is 2.31. The average molecular weight is 331 g/mol. The second-order valence-corrected chi connectivity index (χ2v) is 5.57. The maximum atomic E-state index is 12.0. The number of halogens is 1. The molecule has 19 heavy (non-hydrogen) atoms. The fourth-order valence-electron chi connectivity index (χ4n) is 1.84. The summed E-state index contributed by atoms with van der Waals surface area (Å²) in [6, 6.07) is 0.142. The number of ether oxygens (including phenoxy) is 1. The zero-order valence-electron chi connectivity index (χ0n) is 10.9. The molecule has 0 amide bonds. The van der Waals surface area contributed by atoms with Gasteiger partial charge in [0.15, 0.2) is 0 Å². The highest BCUT2D eigenvalue weighted by molar-refractivity contribution is 9.10. The molecule has 1 heterocycles. The van der Waals surface area contributed by atoms with Crippen molar-refractivity contribution in [3.8, 4) is 0 Å². The molecule has 1 unspecified atom stereocenters. The van der Waals surface area contributed by atoms with Crippen molar-refractivity contribution in [3.63, 3.8) is 0 Å². The molecule has 0 spiro atoms. The van der Waals surface area contributed by atoms with Crippen molar-refractivity contribution in [1.82, 2.24) is 9.78 Å². The molecule has 1 fully saturated rings. The zero-order chi connectivity index (χ0) is 13.8. The topological polar surface area (TPSA) is 82.2 Å². The second-order valence-electron chi connectivity index (χ2n) is 4.78. The summed E-state index contributed by atoms with van der Waals surface area (Å²) in [6.07, 6.45) is 4.06. The summed E-state index contributed by atoms with van der Waals surface area (Å²) in [5, 5.41) is 7.29. The molecule has 2 rings (SSSR count). The Morgan fingerprint density at radius 3 is 3.05 bits per heavy atom. The number of methoxy groups -OCH3 is 1. The second kappa shape index (κ2) is 6.49. The molecule has 0 aliphatic heterocycles. The number of nitrogens with two attached hydrogens (primary N) is 1. The molecule has 106 valence electrons. The molecule has 1 aliphatic carbocycles. The van der Waals surface area contributed by atoms with Gasteiger partial charge in [-0.1, -0.05) is 0 Å². The minimum Gasteiger partial charge on any atom is -0.383 e. The van der Waals surface area contributed by atoms with E-state index in [1.807, 2.05) is 0 Å². The van der Waals surface area contributed by atoms with Gasteiger partial charge in [-0.15, -0.1) is 0 Å². The molecule has 0 radical (unpaired) electrons. The van der Waals surface area contributed by atoms with Gasteiger partial charge >= 0.3 is 0 Å². The highest BCUT2D eigenvalue weighted by atomic mass is 79.9. The minimum atomic E-state index is -0.165. The van der Waals surface area contributed by atoms with Crippen LogP contribution in [0.5, 0.6) is 0 Å². The van der Waals surface area contributed by atoms with Crippen LogP contribution in [0.3, 0.4) is 0 Å². The molecule has 0 saturated heterocycles. The van der Waals surface area contributed by atoms with Crippen LogP contribution in [0.25, 0.3) is 0 Å². The van der Waals surface area contributed by atoms with Crippen molar-refractivity contribution >= 4 is 21.6 Å². The largest absolute Gasteiger partial charge is 0.383 e. The Kier molecular flexibility index (Phi) is 4.95. The van der Waals surface area contributed by atoms with E-state index in [1.165, 1.54) is 17.5 Å². The standard InChI is InChI=1S/C12H19BrN4O2/c1-19-5-4-17-12(18)11(13)10(7-16-17)15-6-9(14)8-2-3-8/h7-9,15H,2-6,14H2,1H3. The first-order valence-electron chi connectivity index (χ1n) is 6.37. The third kappa shape index (κ3) is 3.77. The van der Waals surface area contributed by atoms with Gasteiger partial charge < -0.3 is 15.8 Å². The van der Waals surface area contributed by atoms with Crippen LogP contribution in [-0.4, -0.2) is 36.1 Å². The van der Waals surface area contributed by atoms with Crippen LogP contribution >= 0.6 is 15.9 Å². The van der Waals surface area contributed by atoms with Crippen molar-refractivity contribution in [3.05, 3.63) is 21.0 Å². The number of anilines is 1. The zero-order valence-corrected chi connectivity index (χ0v) is 12.5. The van der Waals surface area contributed by atoms with E-state index in [-0.39, 0.29) is 11.6 Å². The Bertz CT molecular complexity index is 487. The van der Waals surface area contributed by atoms with E-state index in [9.17, 15) is 4.79 Å². The van der Waals surface area contributed by atoms with Crippen LogP contribution in [0.4, 0.5) is 5.69 Å². The molecule has 7 heteroatoms. The number of nitrogens with one attached hydrogen (secondary N) is 1. The number of hydrogen-bond acceptors (Lipinski definition) is 5. The SMILES string of the molecule is COCCn1ncc(NCC(N)C2CC2)c(Br)c1=O. The Balaban J connectivity index is 2.00. The normalized spacial score (nSPS) is 16.4. The smallest absolute Gasteiger partial charge is 0.283 e. The van der Waals surface area contributed by atoms with E-state index >= 15 is 0 Å². The Labute approximate surface area is 120 Å². The summed E-state index contributed by atoms with van der Waals surface area (Å²) in [6.45, 7) is 1.56. The molecule has 1 saturated carbocycles. The predicted molar refractivity (Wildman–Crippen MR) is 77.3 cm³/mol. The number of rotatable bonds is 7. The molecule has 6 nitrogen and oxygen atoms in total. The Hall–Kier alpha value is -0.920. The predicted octanol–water partition coefficient (Wildman–Crippen LogP) is 0.801. The van der Waals surface area contributed by atoms with Gasteiger partial charge in [0.2, 0.25) is 0 Å². The molecule has 1 atom stereocenters. The van der Waals surface area contributed by atoms with Gasteiger partial charge in [0.05, 0.1) is 25.0 Å². The molecule has 3 N–H and O–H groups in total. The molecular formula is C12H19BrN4O2. The van der Waals surface area contributed by atoms with Crippen LogP contribution in [0, 0.1) is 5.92 Å². The van der Waals surface area contributed by atoms with Crippen LogP contribution in [0.1, 0.15) is 12.8 Å². The van der Waals surface area contributed by atoms with Gasteiger partial charge in [-0.05, 0) is 34.7 Å². The van der Waals surface area contributed by atoms with Crippen molar-refractivity contribution in [2.75, 3.05) is 25.6 Å². The first kappa shape index (κ1) is 14.5.